The second kappa shape index (κ2) is 7.04. The van der Waals surface area contributed by atoms with Crippen LogP contribution in [0.1, 0.15) is 38.8 Å². The Morgan fingerprint density at radius 2 is 2.20 bits per heavy atom. The normalized spacial score (nSPS) is 22.6. The van der Waals surface area contributed by atoms with E-state index in [0.717, 1.165) is 25.5 Å². The predicted molar refractivity (Wildman–Crippen MR) is 85.3 cm³/mol. The first-order valence-corrected chi connectivity index (χ1v) is 7.76. The first kappa shape index (κ1) is 15.3. The van der Waals surface area contributed by atoms with Gasteiger partial charge in [0.25, 0.3) is 0 Å². The zero-order valence-electron chi connectivity index (χ0n) is 13.3. The summed E-state index contributed by atoms with van der Waals surface area (Å²) in [7, 11) is 2.20. The molecule has 1 aromatic heterocycles. The van der Waals surface area contributed by atoms with Crippen molar-refractivity contribution < 1.29 is 0 Å². The summed E-state index contributed by atoms with van der Waals surface area (Å²) in [6, 6.07) is 5.27. The molecule has 2 unspecified atom stereocenters. The topological polar surface area (TPSA) is 31.4 Å². The maximum absolute atomic E-state index is 4.69. The van der Waals surface area contributed by atoms with Gasteiger partial charge >= 0.3 is 0 Å². The van der Waals surface area contributed by atoms with Crippen molar-refractivity contribution in [1.82, 2.24) is 15.2 Å². The van der Waals surface area contributed by atoms with Crippen LogP contribution in [0.2, 0.25) is 0 Å². The highest BCUT2D eigenvalue weighted by atomic mass is 15.3. The van der Waals surface area contributed by atoms with E-state index >= 15 is 0 Å². The van der Waals surface area contributed by atoms with Gasteiger partial charge in [-0.3, -0.25) is 0 Å². The number of nitrogens with zero attached hydrogens (tertiary/aromatic N) is 3. The monoisotopic (exact) mass is 276 g/mol. The zero-order valence-corrected chi connectivity index (χ0v) is 13.3. The fourth-order valence-corrected chi connectivity index (χ4v) is 2.96. The van der Waals surface area contributed by atoms with Gasteiger partial charge in [-0.15, -0.1) is 0 Å². The minimum Gasteiger partial charge on any atom is -0.353 e. The van der Waals surface area contributed by atoms with E-state index in [4.69, 9.17) is 4.98 Å². The Hall–Kier alpha value is -1.13. The van der Waals surface area contributed by atoms with Crippen molar-refractivity contribution in [2.24, 2.45) is 0 Å². The third kappa shape index (κ3) is 3.70. The van der Waals surface area contributed by atoms with E-state index in [1.165, 1.54) is 18.5 Å². The second-order valence-corrected chi connectivity index (χ2v) is 5.89. The van der Waals surface area contributed by atoms with Crippen LogP contribution in [0.4, 0.5) is 5.82 Å². The van der Waals surface area contributed by atoms with Crippen molar-refractivity contribution >= 4 is 5.82 Å². The Morgan fingerprint density at radius 1 is 1.40 bits per heavy atom. The van der Waals surface area contributed by atoms with Gasteiger partial charge in [0.2, 0.25) is 0 Å². The van der Waals surface area contributed by atoms with Crippen molar-refractivity contribution in [2.45, 2.75) is 39.3 Å². The van der Waals surface area contributed by atoms with Crippen LogP contribution in [-0.4, -0.2) is 49.2 Å². The van der Waals surface area contributed by atoms with Crippen molar-refractivity contribution in [3.05, 3.63) is 23.9 Å². The van der Waals surface area contributed by atoms with E-state index in [2.05, 4.69) is 55.1 Å². The van der Waals surface area contributed by atoms with Gasteiger partial charge in [-0.2, -0.15) is 0 Å². The number of rotatable bonds is 4. The van der Waals surface area contributed by atoms with Crippen molar-refractivity contribution in [2.75, 3.05) is 38.1 Å². The number of aromatic nitrogens is 1. The minimum absolute atomic E-state index is 0.370. The molecule has 0 aliphatic carbocycles. The van der Waals surface area contributed by atoms with Gasteiger partial charge in [-0.1, -0.05) is 13.0 Å². The lowest BCUT2D eigenvalue weighted by Gasteiger charge is -2.29. The average Bonchev–Trinajstić information content (AvgIpc) is 2.60. The summed E-state index contributed by atoms with van der Waals surface area (Å²) >= 11 is 0. The van der Waals surface area contributed by atoms with Crippen LogP contribution in [0.25, 0.3) is 0 Å². The van der Waals surface area contributed by atoms with Crippen LogP contribution >= 0.6 is 0 Å². The number of nitrogens with one attached hydrogen (secondary N) is 1. The van der Waals surface area contributed by atoms with E-state index in [9.17, 15) is 0 Å². The molecule has 1 fully saturated rings. The molecule has 2 heterocycles. The lowest BCUT2D eigenvalue weighted by atomic mass is 10.1. The van der Waals surface area contributed by atoms with Crippen molar-refractivity contribution in [3.8, 4) is 0 Å². The van der Waals surface area contributed by atoms with Gasteiger partial charge in [-0.05, 0) is 52.0 Å². The molecule has 0 bridgehead atoms. The van der Waals surface area contributed by atoms with Crippen molar-refractivity contribution in [3.63, 3.8) is 0 Å². The van der Waals surface area contributed by atoms with E-state index in [0.29, 0.717) is 12.1 Å². The highest BCUT2D eigenvalue weighted by Crippen LogP contribution is 2.20. The molecule has 0 radical (unpaired) electrons. The molecular weight excluding hydrogens is 248 g/mol. The van der Waals surface area contributed by atoms with Gasteiger partial charge in [0.1, 0.15) is 5.82 Å². The smallest absolute Gasteiger partial charge is 0.128 e. The summed E-state index contributed by atoms with van der Waals surface area (Å²) in [5, 5.41) is 3.43. The Morgan fingerprint density at radius 3 is 2.85 bits per heavy atom. The van der Waals surface area contributed by atoms with E-state index in [-0.39, 0.29) is 0 Å². The molecule has 1 saturated heterocycles. The van der Waals surface area contributed by atoms with Crippen LogP contribution in [0.3, 0.4) is 0 Å². The molecule has 4 heteroatoms. The standard InChI is InChI=1S/C16H28N4/c1-5-17-14(3)15-7-8-16(18-11-15)20-10-6-9-19(4)12-13(20)2/h7-8,11,13-14,17H,5-6,9-10,12H2,1-4H3. The summed E-state index contributed by atoms with van der Waals surface area (Å²) in [6.45, 7) is 11.0. The Bertz CT molecular complexity index is 403. The number of hydrogen-bond donors (Lipinski definition) is 1. The summed E-state index contributed by atoms with van der Waals surface area (Å²) in [5.41, 5.74) is 1.26. The SMILES string of the molecule is CCNC(C)c1ccc(N2CCCN(C)CC2C)nc1. The van der Waals surface area contributed by atoms with Gasteiger partial charge in [0.15, 0.2) is 0 Å². The molecule has 2 atom stereocenters. The summed E-state index contributed by atoms with van der Waals surface area (Å²) in [6.07, 6.45) is 3.22. The number of pyridine rings is 1. The molecule has 4 nitrogen and oxygen atoms in total. The Labute approximate surface area is 123 Å². The lowest BCUT2D eigenvalue weighted by Crippen LogP contribution is -2.38. The number of likely N-dealkylation sites (N-methyl/N-ethyl adjacent to an activating group) is 1. The molecule has 1 aromatic rings. The number of hydrogen-bond acceptors (Lipinski definition) is 4. The molecule has 0 spiro atoms. The van der Waals surface area contributed by atoms with Crippen LogP contribution in [0.15, 0.2) is 18.3 Å². The fourth-order valence-electron chi connectivity index (χ4n) is 2.96. The zero-order chi connectivity index (χ0) is 14.5. The quantitative estimate of drug-likeness (QED) is 0.914. The minimum atomic E-state index is 0.370. The third-order valence-corrected chi connectivity index (χ3v) is 4.12. The van der Waals surface area contributed by atoms with E-state index in [1.807, 2.05) is 6.20 Å². The first-order valence-electron chi connectivity index (χ1n) is 7.76. The molecular formula is C16H28N4. The summed E-state index contributed by atoms with van der Waals surface area (Å²) < 4.78 is 0. The Kier molecular flexibility index (Phi) is 5.38. The molecule has 1 N–H and O–H groups in total. The highest BCUT2D eigenvalue weighted by molar-refractivity contribution is 5.41. The molecule has 0 saturated carbocycles. The first-order chi connectivity index (χ1) is 9.61. The molecule has 1 aliphatic heterocycles. The maximum atomic E-state index is 4.69. The van der Waals surface area contributed by atoms with Crippen LogP contribution in [-0.2, 0) is 0 Å². The summed E-state index contributed by atoms with van der Waals surface area (Å²) in [4.78, 5) is 9.53. The Balaban J connectivity index is 2.08. The molecule has 112 valence electrons. The lowest BCUT2D eigenvalue weighted by molar-refractivity contribution is 0.337. The summed E-state index contributed by atoms with van der Waals surface area (Å²) in [5.74, 6) is 1.11. The molecule has 0 aromatic carbocycles. The predicted octanol–water partition coefficient (Wildman–Crippen LogP) is 2.28. The third-order valence-electron chi connectivity index (χ3n) is 4.12. The van der Waals surface area contributed by atoms with Crippen LogP contribution in [0.5, 0.6) is 0 Å². The van der Waals surface area contributed by atoms with E-state index < -0.39 is 0 Å². The number of anilines is 1. The van der Waals surface area contributed by atoms with Gasteiger partial charge in [0.05, 0.1) is 0 Å². The van der Waals surface area contributed by atoms with E-state index in [1.54, 1.807) is 0 Å². The van der Waals surface area contributed by atoms with Crippen LogP contribution < -0.4 is 10.2 Å². The molecule has 1 aliphatic rings. The van der Waals surface area contributed by atoms with Gasteiger partial charge in [-0.25, -0.2) is 4.98 Å². The largest absolute Gasteiger partial charge is 0.353 e. The van der Waals surface area contributed by atoms with Crippen molar-refractivity contribution in [1.29, 1.82) is 0 Å². The maximum Gasteiger partial charge on any atom is 0.128 e. The van der Waals surface area contributed by atoms with Gasteiger partial charge in [0, 0.05) is 31.4 Å². The highest BCUT2D eigenvalue weighted by Gasteiger charge is 2.20. The second-order valence-electron chi connectivity index (χ2n) is 5.89. The average molecular weight is 276 g/mol. The molecule has 2 rings (SSSR count). The van der Waals surface area contributed by atoms with Crippen LogP contribution in [0, 0.1) is 0 Å². The van der Waals surface area contributed by atoms with Gasteiger partial charge < -0.3 is 15.1 Å². The molecule has 20 heavy (non-hydrogen) atoms. The fraction of sp³-hybridized carbons (Fsp3) is 0.688. The molecule has 0 amide bonds.